The zero-order valence-electron chi connectivity index (χ0n) is 15.6. The number of benzene rings is 1. The van der Waals surface area contributed by atoms with E-state index < -0.39 is 5.97 Å². The topological polar surface area (TPSA) is 72.9 Å². The summed E-state index contributed by atoms with van der Waals surface area (Å²) >= 11 is 0. The van der Waals surface area contributed by atoms with Crippen molar-refractivity contribution in [3.05, 3.63) is 35.9 Å². The maximum absolute atomic E-state index is 12.4. The Kier molecular flexibility index (Phi) is 9.62. The van der Waals surface area contributed by atoms with E-state index in [0.29, 0.717) is 6.54 Å². The second-order valence-electron chi connectivity index (χ2n) is 6.81. The number of likely N-dealkylation sites (N-methyl/N-ethyl adjacent to an activating group) is 1. The molecule has 0 aromatic heterocycles. The molecule has 1 saturated heterocycles. The van der Waals surface area contributed by atoms with E-state index in [1.807, 2.05) is 49.2 Å². The van der Waals surface area contributed by atoms with Gasteiger partial charge in [0.1, 0.15) is 0 Å². The van der Waals surface area contributed by atoms with Gasteiger partial charge in [0.15, 0.2) is 0 Å². The normalized spacial score (nSPS) is 19.3. The number of carboxylic acid groups (broad SMARTS) is 1. The molecule has 1 aliphatic rings. The highest BCUT2D eigenvalue weighted by Gasteiger charge is 2.26. The second kappa shape index (κ2) is 11.2. The van der Waals surface area contributed by atoms with Gasteiger partial charge in [-0.15, -0.1) is 12.4 Å². The number of carbonyl (C=O) groups excluding carboxylic acids is 1. The molecule has 1 aromatic rings. The van der Waals surface area contributed by atoms with Crippen LogP contribution in [0, 0.1) is 0 Å². The Balaban J connectivity index is 0.00000338. The van der Waals surface area contributed by atoms with Crippen molar-refractivity contribution in [3.63, 3.8) is 0 Å². The lowest BCUT2D eigenvalue weighted by molar-refractivity contribution is -0.138. The highest BCUT2D eigenvalue weighted by Crippen LogP contribution is 2.17. The van der Waals surface area contributed by atoms with Crippen molar-refractivity contribution in [2.75, 3.05) is 26.7 Å². The summed E-state index contributed by atoms with van der Waals surface area (Å²) in [4.78, 5) is 27.4. The molecule has 1 aliphatic heterocycles. The summed E-state index contributed by atoms with van der Waals surface area (Å²) in [5.41, 5.74) is 1.09. The quantitative estimate of drug-likeness (QED) is 0.753. The first-order chi connectivity index (χ1) is 12.0. The van der Waals surface area contributed by atoms with Crippen LogP contribution in [0.1, 0.15) is 31.7 Å². The highest BCUT2D eigenvalue weighted by molar-refractivity contribution is 5.85. The number of nitrogens with zero attached hydrogens (tertiary/aromatic N) is 2. The summed E-state index contributed by atoms with van der Waals surface area (Å²) in [5.74, 6) is -0.751. The largest absolute Gasteiger partial charge is 0.480 e. The predicted octanol–water partition coefficient (Wildman–Crippen LogP) is 1.98. The van der Waals surface area contributed by atoms with Gasteiger partial charge in [0, 0.05) is 19.1 Å². The molecule has 26 heavy (non-hydrogen) atoms. The number of carboxylic acids is 1. The second-order valence-corrected chi connectivity index (χ2v) is 6.81. The average Bonchev–Trinajstić information content (AvgIpc) is 2.85. The minimum atomic E-state index is -0.794. The summed E-state index contributed by atoms with van der Waals surface area (Å²) in [7, 11) is 1.87. The summed E-state index contributed by atoms with van der Waals surface area (Å²) < 4.78 is 0. The Labute approximate surface area is 162 Å². The zero-order valence-corrected chi connectivity index (χ0v) is 16.4. The van der Waals surface area contributed by atoms with Gasteiger partial charge in [-0.1, -0.05) is 30.3 Å². The summed E-state index contributed by atoms with van der Waals surface area (Å²) in [6, 6.07) is 9.98. The van der Waals surface area contributed by atoms with Crippen LogP contribution >= 0.6 is 12.4 Å². The lowest BCUT2D eigenvalue weighted by atomic mass is 10.1. The number of aliphatic carboxylic acids is 1. The van der Waals surface area contributed by atoms with Gasteiger partial charge < -0.3 is 10.4 Å². The first-order valence-electron chi connectivity index (χ1n) is 8.95. The molecule has 0 radical (unpaired) electrons. The average molecular weight is 384 g/mol. The van der Waals surface area contributed by atoms with Crippen LogP contribution in [0.4, 0.5) is 0 Å². The molecule has 1 amide bonds. The number of carbonyl (C=O) groups is 2. The van der Waals surface area contributed by atoms with Crippen LogP contribution in [0.25, 0.3) is 0 Å². The zero-order chi connectivity index (χ0) is 18.2. The molecule has 0 bridgehead atoms. The number of likely N-dealkylation sites (tertiary alicyclic amines) is 1. The lowest BCUT2D eigenvalue weighted by Gasteiger charge is -2.28. The van der Waals surface area contributed by atoms with Gasteiger partial charge in [0.2, 0.25) is 5.91 Å². The third kappa shape index (κ3) is 6.94. The van der Waals surface area contributed by atoms with Crippen molar-refractivity contribution in [2.24, 2.45) is 0 Å². The van der Waals surface area contributed by atoms with Crippen LogP contribution in [0.2, 0.25) is 0 Å². The van der Waals surface area contributed by atoms with Crippen LogP contribution in [0.3, 0.4) is 0 Å². The number of hydrogen-bond acceptors (Lipinski definition) is 4. The predicted molar refractivity (Wildman–Crippen MR) is 104 cm³/mol. The van der Waals surface area contributed by atoms with Crippen LogP contribution in [0.5, 0.6) is 0 Å². The molecule has 1 fully saturated rings. The lowest BCUT2D eigenvalue weighted by Crippen LogP contribution is -2.45. The molecule has 0 spiro atoms. The molecule has 2 rings (SSSR count). The summed E-state index contributed by atoms with van der Waals surface area (Å²) in [6.45, 7) is 4.24. The van der Waals surface area contributed by atoms with E-state index in [1.54, 1.807) is 0 Å². The summed E-state index contributed by atoms with van der Waals surface area (Å²) in [6.07, 6.45) is 2.84. The number of nitrogens with one attached hydrogen (secondary N) is 1. The maximum Gasteiger partial charge on any atom is 0.317 e. The van der Waals surface area contributed by atoms with Crippen LogP contribution in [0.15, 0.2) is 30.3 Å². The monoisotopic (exact) mass is 383 g/mol. The van der Waals surface area contributed by atoms with E-state index in [0.717, 1.165) is 37.9 Å². The number of halogens is 1. The van der Waals surface area contributed by atoms with E-state index in [4.69, 9.17) is 5.11 Å². The molecule has 7 heteroatoms. The van der Waals surface area contributed by atoms with Gasteiger partial charge >= 0.3 is 5.97 Å². The van der Waals surface area contributed by atoms with Gasteiger partial charge in [0.05, 0.1) is 12.6 Å². The molecule has 0 aliphatic carbocycles. The van der Waals surface area contributed by atoms with E-state index in [2.05, 4.69) is 10.2 Å². The molecule has 1 aromatic carbocycles. The Morgan fingerprint density at radius 1 is 1.27 bits per heavy atom. The van der Waals surface area contributed by atoms with Crippen LogP contribution in [-0.4, -0.2) is 65.5 Å². The molecule has 6 nitrogen and oxygen atoms in total. The van der Waals surface area contributed by atoms with Crippen molar-refractivity contribution in [1.29, 1.82) is 0 Å². The van der Waals surface area contributed by atoms with Crippen LogP contribution < -0.4 is 5.32 Å². The van der Waals surface area contributed by atoms with E-state index in [1.165, 1.54) is 0 Å². The number of rotatable bonds is 7. The minimum absolute atomic E-state index is 0. The van der Waals surface area contributed by atoms with E-state index in [-0.39, 0.29) is 36.9 Å². The number of hydrogen-bond donors (Lipinski definition) is 2. The molecular weight excluding hydrogens is 354 g/mol. The fourth-order valence-corrected chi connectivity index (χ4v) is 3.37. The first-order valence-corrected chi connectivity index (χ1v) is 8.95. The van der Waals surface area contributed by atoms with Gasteiger partial charge in [-0.05, 0) is 45.3 Å². The van der Waals surface area contributed by atoms with Gasteiger partial charge in [-0.3, -0.25) is 19.4 Å². The molecule has 146 valence electrons. The van der Waals surface area contributed by atoms with Gasteiger partial charge in [-0.2, -0.15) is 0 Å². The molecule has 0 saturated carbocycles. The van der Waals surface area contributed by atoms with E-state index >= 15 is 0 Å². The van der Waals surface area contributed by atoms with Gasteiger partial charge in [-0.25, -0.2) is 0 Å². The molecule has 2 unspecified atom stereocenters. The van der Waals surface area contributed by atoms with E-state index in [9.17, 15) is 9.59 Å². The maximum atomic E-state index is 12.4. The molecule has 2 N–H and O–H groups in total. The van der Waals surface area contributed by atoms with Crippen molar-refractivity contribution >= 4 is 24.3 Å². The minimum Gasteiger partial charge on any atom is -0.480 e. The van der Waals surface area contributed by atoms with Crippen molar-refractivity contribution in [1.82, 2.24) is 15.1 Å². The Morgan fingerprint density at radius 3 is 2.62 bits per heavy atom. The third-order valence-electron chi connectivity index (χ3n) is 4.98. The smallest absolute Gasteiger partial charge is 0.317 e. The molecule has 2 atom stereocenters. The van der Waals surface area contributed by atoms with Gasteiger partial charge in [0.25, 0.3) is 0 Å². The van der Waals surface area contributed by atoms with Crippen molar-refractivity contribution in [2.45, 2.75) is 44.8 Å². The fourth-order valence-electron chi connectivity index (χ4n) is 3.37. The fraction of sp³-hybridized carbons (Fsp3) is 0.579. The van der Waals surface area contributed by atoms with Crippen molar-refractivity contribution < 1.29 is 14.7 Å². The standard InChI is InChI=1S/C19H29N3O3.ClH/c1-15(19(25)20-13-16-7-4-3-5-8-16)22-11-6-9-17(10-12-22)21(2)14-18(23)24;/h3-5,7-8,15,17H,6,9-14H2,1-2H3,(H,20,25)(H,23,24);1H. The number of amides is 1. The molecule has 1 heterocycles. The summed E-state index contributed by atoms with van der Waals surface area (Å²) in [5, 5.41) is 12.0. The Hall–Kier alpha value is -1.63. The first kappa shape index (κ1) is 22.4. The highest BCUT2D eigenvalue weighted by atomic mass is 35.5. The van der Waals surface area contributed by atoms with Crippen LogP contribution in [-0.2, 0) is 16.1 Å². The SMILES string of the molecule is CC(C(=O)NCc1ccccc1)N1CCCC(N(C)CC(=O)O)CC1.Cl. The molecular formula is C19H30ClN3O3. The Morgan fingerprint density at radius 2 is 1.96 bits per heavy atom. The Bertz CT molecular complexity index is 570. The third-order valence-corrected chi connectivity index (χ3v) is 4.98. The van der Waals surface area contributed by atoms with Crippen molar-refractivity contribution in [3.8, 4) is 0 Å².